The second-order valence-corrected chi connectivity index (χ2v) is 15.8. The van der Waals surface area contributed by atoms with Crippen molar-refractivity contribution in [3.63, 3.8) is 0 Å². The molecule has 0 spiro atoms. The SMILES string of the molecule is CC(=O)NC1CCC2(C)C(CCC3(C)C2C(=O)C=C2C4C(C)CCC(C)(C(=O)N(C)O)C4CCC23C)C1(C)C. The Morgan fingerprint density at radius 2 is 1.64 bits per heavy atom. The van der Waals surface area contributed by atoms with Crippen molar-refractivity contribution in [2.45, 2.75) is 113 Å². The number of allylic oxidation sites excluding steroid dienone is 2. The molecular weight excluding hydrogens is 488 g/mol. The maximum atomic E-state index is 14.5. The van der Waals surface area contributed by atoms with Crippen molar-refractivity contribution in [1.29, 1.82) is 0 Å². The molecule has 10 atom stereocenters. The average Bonchev–Trinajstić information content (AvgIpc) is 2.83. The molecule has 0 aromatic rings. The van der Waals surface area contributed by atoms with E-state index in [0.29, 0.717) is 11.8 Å². The predicted octanol–water partition coefficient (Wildman–Crippen LogP) is 6.18. The quantitative estimate of drug-likeness (QED) is 0.324. The summed E-state index contributed by atoms with van der Waals surface area (Å²) in [4.78, 5) is 39.8. The molecule has 2 amide bonds. The van der Waals surface area contributed by atoms with Crippen molar-refractivity contribution >= 4 is 17.6 Å². The lowest BCUT2D eigenvalue weighted by atomic mass is 9.33. The van der Waals surface area contributed by atoms with Gasteiger partial charge in [-0.15, -0.1) is 0 Å². The van der Waals surface area contributed by atoms with Crippen LogP contribution in [0.3, 0.4) is 0 Å². The zero-order chi connectivity index (χ0) is 28.9. The molecule has 4 fully saturated rings. The summed E-state index contributed by atoms with van der Waals surface area (Å²) in [6.45, 7) is 17.8. The van der Waals surface area contributed by atoms with Crippen LogP contribution in [0.1, 0.15) is 107 Å². The van der Waals surface area contributed by atoms with E-state index >= 15 is 0 Å². The first-order valence-corrected chi connectivity index (χ1v) is 15.4. The normalized spacial score (nSPS) is 48.5. The fraction of sp³-hybridized carbons (Fsp3) is 0.848. The van der Waals surface area contributed by atoms with Crippen LogP contribution in [0.15, 0.2) is 11.6 Å². The van der Waals surface area contributed by atoms with Crippen LogP contribution in [0.25, 0.3) is 0 Å². The Morgan fingerprint density at radius 3 is 2.26 bits per heavy atom. The molecule has 0 radical (unpaired) electrons. The smallest absolute Gasteiger partial charge is 0.251 e. The number of amides is 2. The van der Waals surface area contributed by atoms with E-state index in [1.165, 1.54) is 12.6 Å². The van der Waals surface area contributed by atoms with E-state index in [1.54, 1.807) is 6.92 Å². The summed E-state index contributed by atoms with van der Waals surface area (Å²) in [5.41, 5.74) is 0.237. The van der Waals surface area contributed by atoms with E-state index in [0.717, 1.165) is 56.4 Å². The van der Waals surface area contributed by atoms with E-state index in [4.69, 9.17) is 0 Å². The van der Waals surface area contributed by atoms with Crippen LogP contribution in [0.2, 0.25) is 0 Å². The van der Waals surface area contributed by atoms with Crippen molar-refractivity contribution in [2.75, 3.05) is 7.05 Å². The summed E-state index contributed by atoms with van der Waals surface area (Å²) >= 11 is 0. The molecule has 0 aliphatic heterocycles. The standard InChI is InChI=1S/C33H52N2O4/c1-19-10-14-30(5,28(38)35(9)39)21-11-16-32(7)22(26(19)21)18-23(37)27-31(6)15-13-25(34-20(2)36)29(3,4)24(31)12-17-33(27,32)8/h18-19,21,24-27,39H,10-17H2,1-9H3,(H,34,36). The Balaban J connectivity index is 1.57. The zero-order valence-corrected chi connectivity index (χ0v) is 25.8. The molecule has 0 saturated heterocycles. The fourth-order valence-corrected chi connectivity index (χ4v) is 11.6. The summed E-state index contributed by atoms with van der Waals surface area (Å²) in [5.74, 6) is 1.17. The van der Waals surface area contributed by atoms with Gasteiger partial charge in [-0.3, -0.25) is 19.6 Å². The average molecular weight is 541 g/mol. The zero-order valence-electron chi connectivity index (χ0n) is 25.8. The largest absolute Gasteiger partial charge is 0.353 e. The van der Waals surface area contributed by atoms with Gasteiger partial charge in [0.15, 0.2) is 5.78 Å². The minimum absolute atomic E-state index is 0.0300. The van der Waals surface area contributed by atoms with Gasteiger partial charge in [-0.1, -0.05) is 54.0 Å². The highest BCUT2D eigenvalue weighted by molar-refractivity contribution is 5.96. The van der Waals surface area contributed by atoms with Gasteiger partial charge in [-0.25, -0.2) is 5.06 Å². The maximum Gasteiger partial charge on any atom is 0.251 e. The molecule has 5 aliphatic rings. The molecular formula is C33H52N2O4. The molecule has 0 heterocycles. The number of nitrogens with zero attached hydrogens (tertiary/aromatic N) is 1. The molecule has 0 aromatic heterocycles. The minimum Gasteiger partial charge on any atom is -0.353 e. The van der Waals surface area contributed by atoms with E-state index in [2.05, 4.69) is 52.9 Å². The van der Waals surface area contributed by atoms with Crippen LogP contribution >= 0.6 is 0 Å². The number of carbonyl (C=O) groups is 3. The number of nitrogens with one attached hydrogen (secondary N) is 1. The van der Waals surface area contributed by atoms with Gasteiger partial charge < -0.3 is 5.32 Å². The van der Waals surface area contributed by atoms with Crippen LogP contribution in [-0.2, 0) is 14.4 Å². The fourth-order valence-electron chi connectivity index (χ4n) is 11.6. The third kappa shape index (κ3) is 3.71. The van der Waals surface area contributed by atoms with Gasteiger partial charge in [-0.05, 0) is 103 Å². The van der Waals surface area contributed by atoms with Gasteiger partial charge in [0.1, 0.15) is 0 Å². The molecule has 6 nitrogen and oxygen atoms in total. The monoisotopic (exact) mass is 540 g/mol. The van der Waals surface area contributed by atoms with Crippen molar-refractivity contribution in [3.05, 3.63) is 11.6 Å². The van der Waals surface area contributed by atoms with Crippen LogP contribution in [0.5, 0.6) is 0 Å². The molecule has 10 unspecified atom stereocenters. The second kappa shape index (κ2) is 8.90. The van der Waals surface area contributed by atoms with E-state index in [1.807, 2.05) is 6.92 Å². The van der Waals surface area contributed by atoms with Crippen molar-refractivity contribution in [2.24, 2.45) is 56.7 Å². The summed E-state index contributed by atoms with van der Waals surface area (Å²) in [5, 5.41) is 14.2. The van der Waals surface area contributed by atoms with Crippen molar-refractivity contribution in [3.8, 4) is 0 Å². The van der Waals surface area contributed by atoms with Gasteiger partial charge in [0.25, 0.3) is 5.91 Å². The van der Waals surface area contributed by atoms with Gasteiger partial charge in [0.2, 0.25) is 5.91 Å². The molecule has 0 aromatic carbocycles. The van der Waals surface area contributed by atoms with E-state index < -0.39 is 5.41 Å². The molecule has 39 heavy (non-hydrogen) atoms. The first-order chi connectivity index (χ1) is 17.9. The van der Waals surface area contributed by atoms with Crippen molar-refractivity contribution in [1.82, 2.24) is 10.4 Å². The number of hydrogen-bond acceptors (Lipinski definition) is 4. The van der Waals surface area contributed by atoms with Gasteiger partial charge >= 0.3 is 0 Å². The van der Waals surface area contributed by atoms with Crippen LogP contribution in [0.4, 0.5) is 0 Å². The maximum absolute atomic E-state index is 14.5. The van der Waals surface area contributed by atoms with Crippen LogP contribution in [-0.4, -0.2) is 41.0 Å². The Labute approximate surface area is 235 Å². The number of fused-ring (bicyclic) bond motifs is 7. The third-order valence-electron chi connectivity index (χ3n) is 13.8. The predicted molar refractivity (Wildman–Crippen MR) is 152 cm³/mol. The number of rotatable bonds is 2. The van der Waals surface area contributed by atoms with E-state index in [-0.39, 0.29) is 63.1 Å². The van der Waals surface area contributed by atoms with Gasteiger partial charge in [0.05, 0.1) is 5.41 Å². The highest BCUT2D eigenvalue weighted by Crippen LogP contribution is 2.74. The topological polar surface area (TPSA) is 86.7 Å². The number of ketones is 1. The number of hydrogen-bond donors (Lipinski definition) is 2. The lowest BCUT2D eigenvalue weighted by molar-refractivity contribution is -0.194. The molecule has 0 bridgehead atoms. The third-order valence-corrected chi connectivity index (χ3v) is 13.8. The summed E-state index contributed by atoms with van der Waals surface area (Å²) < 4.78 is 0. The first-order valence-electron chi connectivity index (χ1n) is 15.4. The summed E-state index contributed by atoms with van der Waals surface area (Å²) in [7, 11) is 1.45. The number of carbonyl (C=O) groups excluding carboxylic acids is 3. The molecule has 6 heteroatoms. The minimum atomic E-state index is -0.612. The molecule has 5 aliphatic carbocycles. The molecule has 2 N–H and O–H groups in total. The molecule has 218 valence electrons. The van der Waals surface area contributed by atoms with E-state index in [9.17, 15) is 19.6 Å². The van der Waals surface area contributed by atoms with Crippen LogP contribution in [0, 0.1) is 56.7 Å². The van der Waals surface area contributed by atoms with Gasteiger partial charge in [0, 0.05) is 25.9 Å². The Hall–Kier alpha value is -1.69. The van der Waals surface area contributed by atoms with Gasteiger partial charge in [-0.2, -0.15) is 0 Å². The Morgan fingerprint density at radius 1 is 0.974 bits per heavy atom. The second-order valence-electron chi connectivity index (χ2n) is 15.8. The Bertz CT molecular complexity index is 1110. The van der Waals surface area contributed by atoms with Crippen molar-refractivity contribution < 1.29 is 19.6 Å². The number of hydroxylamine groups is 2. The highest BCUT2D eigenvalue weighted by atomic mass is 16.5. The first kappa shape index (κ1) is 28.8. The molecule has 5 rings (SSSR count). The van der Waals surface area contributed by atoms with Crippen LogP contribution < -0.4 is 5.32 Å². The highest BCUT2D eigenvalue weighted by Gasteiger charge is 2.70. The molecule has 4 saturated carbocycles. The summed E-state index contributed by atoms with van der Waals surface area (Å²) in [6.07, 6.45) is 9.62. The lowest BCUT2D eigenvalue weighted by Gasteiger charge is -2.70. The lowest BCUT2D eigenvalue weighted by Crippen LogP contribution is -2.67. The summed E-state index contributed by atoms with van der Waals surface area (Å²) in [6, 6.07) is 0.135. The Kier molecular flexibility index (Phi) is 6.58.